The van der Waals surface area contributed by atoms with Gasteiger partial charge in [0.2, 0.25) is 5.91 Å². The van der Waals surface area contributed by atoms with Crippen LogP contribution in [-0.2, 0) is 18.3 Å². The molecule has 1 atom stereocenters. The van der Waals surface area contributed by atoms with Crippen LogP contribution in [0.25, 0.3) is 0 Å². The Labute approximate surface area is 138 Å². The highest BCUT2D eigenvalue weighted by atomic mass is 16.2. The molecule has 122 valence electrons. The molecule has 0 radical (unpaired) electrons. The zero-order valence-electron chi connectivity index (χ0n) is 14.0. The van der Waals surface area contributed by atoms with Crippen LogP contribution in [0.4, 0.5) is 0 Å². The topological polar surface area (TPSA) is 38.1 Å². The molecule has 0 saturated carbocycles. The maximum absolute atomic E-state index is 12.9. The number of hydrogen-bond acceptors (Lipinski definition) is 2. The molecule has 0 N–H and O–H groups in total. The Morgan fingerprint density at radius 2 is 2.13 bits per heavy atom. The Morgan fingerprint density at radius 1 is 1.26 bits per heavy atom. The fourth-order valence-corrected chi connectivity index (χ4v) is 3.41. The molecule has 1 unspecified atom stereocenters. The van der Waals surface area contributed by atoms with Crippen LogP contribution in [0, 0.1) is 6.92 Å². The van der Waals surface area contributed by atoms with Gasteiger partial charge in [0.15, 0.2) is 0 Å². The predicted molar refractivity (Wildman–Crippen MR) is 91.0 cm³/mol. The minimum atomic E-state index is 0.198. The maximum Gasteiger partial charge on any atom is 0.227 e. The average molecular weight is 311 g/mol. The van der Waals surface area contributed by atoms with Crippen molar-refractivity contribution in [2.75, 3.05) is 6.54 Å². The Morgan fingerprint density at radius 3 is 2.83 bits per heavy atom. The van der Waals surface area contributed by atoms with Crippen molar-refractivity contribution in [3.8, 4) is 0 Å². The van der Waals surface area contributed by atoms with E-state index in [2.05, 4.69) is 39.8 Å². The highest BCUT2D eigenvalue weighted by Gasteiger charge is 2.28. The standard InChI is InChI=1S/C19H25N3O/c1-15-9-10-16(14-20-15)13-19(23)22-12-5-3-4-7-18(22)17-8-6-11-21(17)2/h6,8-11,14,18H,3-5,7,12-13H2,1-2H3. The van der Waals surface area contributed by atoms with Crippen molar-refractivity contribution in [2.45, 2.75) is 45.1 Å². The molecule has 0 bridgehead atoms. The monoisotopic (exact) mass is 311 g/mol. The molecule has 3 heterocycles. The van der Waals surface area contributed by atoms with E-state index in [9.17, 15) is 4.79 Å². The summed E-state index contributed by atoms with van der Waals surface area (Å²) in [5.41, 5.74) is 3.22. The Kier molecular flexibility index (Phi) is 4.79. The van der Waals surface area contributed by atoms with Gasteiger partial charge in [0.1, 0.15) is 0 Å². The van der Waals surface area contributed by atoms with Crippen molar-refractivity contribution >= 4 is 5.91 Å². The first kappa shape index (κ1) is 15.8. The number of pyridine rings is 1. The number of aryl methyl sites for hydroxylation is 2. The maximum atomic E-state index is 12.9. The van der Waals surface area contributed by atoms with Gasteiger partial charge in [0, 0.05) is 37.4 Å². The van der Waals surface area contributed by atoms with E-state index >= 15 is 0 Å². The van der Waals surface area contributed by atoms with Crippen LogP contribution in [0.5, 0.6) is 0 Å². The summed E-state index contributed by atoms with van der Waals surface area (Å²) in [7, 11) is 2.06. The third-order valence-corrected chi connectivity index (χ3v) is 4.73. The van der Waals surface area contributed by atoms with E-state index in [1.54, 1.807) is 0 Å². The van der Waals surface area contributed by atoms with Crippen molar-refractivity contribution in [2.24, 2.45) is 7.05 Å². The van der Waals surface area contributed by atoms with Crippen molar-refractivity contribution in [3.05, 3.63) is 53.6 Å². The lowest BCUT2D eigenvalue weighted by atomic mass is 10.1. The van der Waals surface area contributed by atoms with E-state index < -0.39 is 0 Å². The summed E-state index contributed by atoms with van der Waals surface area (Å²) >= 11 is 0. The van der Waals surface area contributed by atoms with Gasteiger partial charge < -0.3 is 9.47 Å². The number of aromatic nitrogens is 2. The summed E-state index contributed by atoms with van der Waals surface area (Å²) < 4.78 is 2.14. The molecule has 2 aromatic rings. The third kappa shape index (κ3) is 3.63. The highest BCUT2D eigenvalue weighted by Crippen LogP contribution is 2.30. The van der Waals surface area contributed by atoms with E-state index in [0.717, 1.165) is 30.6 Å². The van der Waals surface area contributed by atoms with E-state index in [-0.39, 0.29) is 11.9 Å². The molecule has 0 aromatic carbocycles. The van der Waals surface area contributed by atoms with Gasteiger partial charge in [0.05, 0.1) is 12.5 Å². The molecular formula is C19H25N3O. The van der Waals surface area contributed by atoms with E-state index in [1.165, 1.54) is 18.5 Å². The SMILES string of the molecule is Cc1ccc(CC(=O)N2CCCCCC2c2cccn2C)cn1. The van der Waals surface area contributed by atoms with Gasteiger partial charge in [-0.15, -0.1) is 0 Å². The van der Waals surface area contributed by atoms with E-state index in [0.29, 0.717) is 6.42 Å². The van der Waals surface area contributed by atoms with Gasteiger partial charge in [-0.2, -0.15) is 0 Å². The van der Waals surface area contributed by atoms with Crippen LogP contribution in [0.15, 0.2) is 36.7 Å². The molecule has 1 amide bonds. The fraction of sp³-hybridized carbons (Fsp3) is 0.474. The van der Waals surface area contributed by atoms with Gasteiger partial charge in [0.25, 0.3) is 0 Å². The minimum absolute atomic E-state index is 0.198. The molecule has 1 saturated heterocycles. The number of hydrogen-bond donors (Lipinski definition) is 0. The molecule has 4 heteroatoms. The predicted octanol–water partition coefficient (Wildman–Crippen LogP) is 3.41. The van der Waals surface area contributed by atoms with Crippen molar-refractivity contribution in [3.63, 3.8) is 0 Å². The van der Waals surface area contributed by atoms with Crippen LogP contribution in [0.1, 0.15) is 48.7 Å². The smallest absolute Gasteiger partial charge is 0.227 e. The molecule has 1 aliphatic heterocycles. The molecule has 2 aromatic heterocycles. The zero-order valence-corrected chi connectivity index (χ0v) is 14.0. The summed E-state index contributed by atoms with van der Waals surface area (Å²) in [5.74, 6) is 0.212. The van der Waals surface area contributed by atoms with Gasteiger partial charge in [-0.05, 0) is 43.5 Å². The van der Waals surface area contributed by atoms with E-state index in [4.69, 9.17) is 0 Å². The normalized spacial score (nSPS) is 18.7. The molecule has 0 aliphatic carbocycles. The van der Waals surface area contributed by atoms with Crippen molar-refractivity contribution in [1.82, 2.24) is 14.5 Å². The van der Waals surface area contributed by atoms with Crippen LogP contribution < -0.4 is 0 Å². The van der Waals surface area contributed by atoms with Crippen LogP contribution in [0.2, 0.25) is 0 Å². The Bertz CT molecular complexity index is 660. The first-order chi connectivity index (χ1) is 11.1. The first-order valence-electron chi connectivity index (χ1n) is 8.47. The Balaban J connectivity index is 1.80. The summed E-state index contributed by atoms with van der Waals surface area (Å²) in [6, 6.07) is 8.38. The zero-order chi connectivity index (χ0) is 16.2. The molecule has 1 aliphatic rings. The number of likely N-dealkylation sites (tertiary alicyclic amines) is 1. The van der Waals surface area contributed by atoms with E-state index in [1.807, 2.05) is 25.3 Å². The van der Waals surface area contributed by atoms with Gasteiger partial charge in [-0.1, -0.05) is 18.9 Å². The average Bonchev–Trinajstić information content (AvgIpc) is 2.82. The minimum Gasteiger partial charge on any atom is -0.353 e. The summed E-state index contributed by atoms with van der Waals surface area (Å²) in [6.45, 7) is 2.82. The van der Waals surface area contributed by atoms with Crippen molar-refractivity contribution in [1.29, 1.82) is 0 Å². The largest absolute Gasteiger partial charge is 0.353 e. The first-order valence-corrected chi connectivity index (χ1v) is 8.47. The number of carbonyl (C=O) groups is 1. The van der Waals surface area contributed by atoms with Crippen LogP contribution in [-0.4, -0.2) is 26.9 Å². The second-order valence-electron chi connectivity index (χ2n) is 6.48. The molecule has 23 heavy (non-hydrogen) atoms. The molecule has 1 fully saturated rings. The molecule has 4 nitrogen and oxygen atoms in total. The third-order valence-electron chi connectivity index (χ3n) is 4.73. The molecular weight excluding hydrogens is 286 g/mol. The van der Waals surface area contributed by atoms with Gasteiger partial charge in [-0.25, -0.2) is 0 Å². The van der Waals surface area contributed by atoms with Crippen molar-refractivity contribution < 1.29 is 4.79 Å². The number of amides is 1. The number of carbonyl (C=O) groups excluding carboxylic acids is 1. The number of nitrogens with zero attached hydrogens (tertiary/aromatic N) is 3. The lowest BCUT2D eigenvalue weighted by Gasteiger charge is -2.30. The second kappa shape index (κ2) is 6.99. The van der Waals surface area contributed by atoms with Gasteiger partial charge in [-0.3, -0.25) is 9.78 Å². The van der Waals surface area contributed by atoms with Crippen LogP contribution >= 0.6 is 0 Å². The molecule has 3 rings (SSSR count). The quantitative estimate of drug-likeness (QED) is 0.871. The summed E-state index contributed by atoms with van der Waals surface area (Å²) in [6.07, 6.45) is 8.86. The lowest BCUT2D eigenvalue weighted by Crippen LogP contribution is -2.36. The Hall–Kier alpha value is -2.10. The van der Waals surface area contributed by atoms with Gasteiger partial charge >= 0.3 is 0 Å². The molecule has 0 spiro atoms. The fourth-order valence-electron chi connectivity index (χ4n) is 3.41. The highest BCUT2D eigenvalue weighted by molar-refractivity contribution is 5.79. The summed E-state index contributed by atoms with van der Waals surface area (Å²) in [5, 5.41) is 0. The lowest BCUT2D eigenvalue weighted by molar-refractivity contribution is -0.133. The summed E-state index contributed by atoms with van der Waals surface area (Å²) in [4.78, 5) is 19.3. The number of rotatable bonds is 3. The van der Waals surface area contributed by atoms with Crippen LogP contribution in [0.3, 0.4) is 0 Å². The second-order valence-corrected chi connectivity index (χ2v) is 6.48.